The van der Waals surface area contributed by atoms with Crippen molar-refractivity contribution in [1.82, 2.24) is 10.3 Å². The van der Waals surface area contributed by atoms with Crippen LogP contribution < -0.4 is 10.1 Å². The van der Waals surface area contributed by atoms with Crippen LogP contribution in [0.1, 0.15) is 31.9 Å². The predicted molar refractivity (Wildman–Crippen MR) is 77.4 cm³/mol. The first-order valence-electron chi connectivity index (χ1n) is 6.81. The molecule has 1 unspecified atom stereocenters. The van der Waals surface area contributed by atoms with Crippen LogP contribution in [0.4, 0.5) is 4.39 Å². The van der Waals surface area contributed by atoms with Crippen molar-refractivity contribution in [3.8, 4) is 11.5 Å². The molecule has 0 aliphatic rings. The second-order valence-electron chi connectivity index (χ2n) is 4.65. The summed E-state index contributed by atoms with van der Waals surface area (Å²) in [4.78, 5) is 4.01. The van der Waals surface area contributed by atoms with Gasteiger partial charge in [-0.15, -0.1) is 0 Å². The Morgan fingerprint density at radius 2 is 2.20 bits per heavy atom. The zero-order chi connectivity index (χ0) is 14.4. The van der Waals surface area contributed by atoms with Crippen LogP contribution in [-0.2, 0) is 0 Å². The molecule has 3 nitrogen and oxygen atoms in total. The van der Waals surface area contributed by atoms with Crippen molar-refractivity contribution < 1.29 is 9.13 Å². The highest BCUT2D eigenvalue weighted by atomic mass is 19.1. The summed E-state index contributed by atoms with van der Waals surface area (Å²) in [5, 5.41) is 3.34. The van der Waals surface area contributed by atoms with Crippen LogP contribution in [0, 0.1) is 5.82 Å². The third kappa shape index (κ3) is 3.78. The van der Waals surface area contributed by atoms with E-state index in [1.165, 1.54) is 12.1 Å². The molecule has 0 bridgehead atoms. The van der Waals surface area contributed by atoms with Gasteiger partial charge in [0.2, 0.25) is 0 Å². The van der Waals surface area contributed by atoms with Crippen molar-refractivity contribution in [3.05, 3.63) is 54.1 Å². The van der Waals surface area contributed by atoms with Crippen molar-refractivity contribution >= 4 is 0 Å². The quantitative estimate of drug-likeness (QED) is 0.862. The van der Waals surface area contributed by atoms with Gasteiger partial charge in [0, 0.05) is 17.8 Å². The largest absolute Gasteiger partial charge is 0.455 e. The molecule has 0 fully saturated rings. The summed E-state index contributed by atoms with van der Waals surface area (Å²) in [5.41, 5.74) is 0.808. The zero-order valence-electron chi connectivity index (χ0n) is 11.8. The molecule has 2 aromatic rings. The van der Waals surface area contributed by atoms with E-state index in [1.54, 1.807) is 24.5 Å². The summed E-state index contributed by atoms with van der Waals surface area (Å²) < 4.78 is 19.3. The van der Waals surface area contributed by atoms with Crippen LogP contribution in [0.5, 0.6) is 11.5 Å². The molecule has 20 heavy (non-hydrogen) atoms. The fraction of sp³-hybridized carbons (Fsp3) is 0.312. The van der Waals surface area contributed by atoms with Gasteiger partial charge < -0.3 is 10.1 Å². The minimum Gasteiger partial charge on any atom is -0.455 e. The topological polar surface area (TPSA) is 34.1 Å². The van der Waals surface area contributed by atoms with Crippen LogP contribution in [0.25, 0.3) is 0 Å². The molecule has 4 heteroatoms. The molecule has 1 heterocycles. The van der Waals surface area contributed by atoms with Crippen LogP contribution in [0.3, 0.4) is 0 Å². The second kappa shape index (κ2) is 7.01. The van der Waals surface area contributed by atoms with E-state index in [2.05, 4.69) is 17.2 Å². The SMILES string of the molecule is CCCNC(C)c1cc(F)ccc1Oc1cccnc1. The molecule has 1 atom stereocenters. The molecule has 106 valence electrons. The summed E-state index contributed by atoms with van der Waals surface area (Å²) in [6, 6.07) is 8.22. The number of benzene rings is 1. The molecule has 1 aromatic heterocycles. The number of nitrogens with zero attached hydrogens (tertiary/aromatic N) is 1. The lowest BCUT2D eigenvalue weighted by Crippen LogP contribution is -2.19. The molecule has 1 N–H and O–H groups in total. The minimum absolute atomic E-state index is 0.0253. The molecular formula is C16H19FN2O. The normalized spacial score (nSPS) is 12.2. The Morgan fingerprint density at radius 3 is 2.90 bits per heavy atom. The maximum Gasteiger partial charge on any atom is 0.145 e. The third-order valence-corrected chi connectivity index (χ3v) is 3.00. The molecule has 0 aliphatic carbocycles. The number of pyridine rings is 1. The molecule has 0 amide bonds. The number of hydrogen-bond acceptors (Lipinski definition) is 3. The van der Waals surface area contributed by atoms with Crippen molar-refractivity contribution in [1.29, 1.82) is 0 Å². The van der Waals surface area contributed by atoms with Gasteiger partial charge in [0.15, 0.2) is 0 Å². The van der Waals surface area contributed by atoms with Gasteiger partial charge in [0.05, 0.1) is 6.20 Å². The summed E-state index contributed by atoms with van der Waals surface area (Å²) in [5.74, 6) is 1.03. The predicted octanol–water partition coefficient (Wildman–Crippen LogP) is 4.07. The lowest BCUT2D eigenvalue weighted by atomic mass is 10.1. The lowest BCUT2D eigenvalue weighted by molar-refractivity contribution is 0.456. The molecule has 0 saturated heterocycles. The van der Waals surface area contributed by atoms with Crippen LogP contribution in [0.15, 0.2) is 42.7 Å². The first-order valence-corrected chi connectivity index (χ1v) is 6.81. The van der Waals surface area contributed by atoms with Gasteiger partial charge in [0.25, 0.3) is 0 Å². The molecule has 0 aliphatic heterocycles. The first-order chi connectivity index (χ1) is 9.70. The fourth-order valence-corrected chi connectivity index (χ4v) is 1.96. The van der Waals surface area contributed by atoms with Gasteiger partial charge in [-0.25, -0.2) is 4.39 Å². The highest BCUT2D eigenvalue weighted by molar-refractivity contribution is 5.39. The van der Waals surface area contributed by atoms with E-state index in [9.17, 15) is 4.39 Å². The van der Waals surface area contributed by atoms with E-state index in [-0.39, 0.29) is 11.9 Å². The maximum absolute atomic E-state index is 13.5. The van der Waals surface area contributed by atoms with Gasteiger partial charge in [-0.3, -0.25) is 4.98 Å². The van der Waals surface area contributed by atoms with Crippen molar-refractivity contribution in [3.63, 3.8) is 0 Å². The van der Waals surface area contributed by atoms with Crippen LogP contribution in [-0.4, -0.2) is 11.5 Å². The van der Waals surface area contributed by atoms with Gasteiger partial charge in [-0.2, -0.15) is 0 Å². The Morgan fingerprint density at radius 1 is 1.35 bits per heavy atom. The van der Waals surface area contributed by atoms with Crippen molar-refractivity contribution in [2.75, 3.05) is 6.54 Å². The highest BCUT2D eigenvalue weighted by Crippen LogP contribution is 2.30. The summed E-state index contributed by atoms with van der Waals surface area (Å²) in [6.45, 7) is 4.98. The standard InChI is InChI=1S/C16H19FN2O/c1-3-8-19-12(2)15-10-13(17)6-7-16(15)20-14-5-4-9-18-11-14/h4-7,9-12,19H,3,8H2,1-2H3. The van der Waals surface area contributed by atoms with E-state index < -0.39 is 0 Å². The average Bonchev–Trinajstić information content (AvgIpc) is 2.47. The van der Waals surface area contributed by atoms with Crippen molar-refractivity contribution in [2.45, 2.75) is 26.3 Å². The fourth-order valence-electron chi connectivity index (χ4n) is 1.96. The number of halogens is 1. The summed E-state index contributed by atoms with van der Waals surface area (Å²) >= 11 is 0. The Balaban J connectivity index is 2.23. The average molecular weight is 274 g/mol. The summed E-state index contributed by atoms with van der Waals surface area (Å²) in [6.07, 6.45) is 4.35. The van der Waals surface area contributed by atoms with E-state index >= 15 is 0 Å². The second-order valence-corrected chi connectivity index (χ2v) is 4.65. The smallest absolute Gasteiger partial charge is 0.145 e. The highest BCUT2D eigenvalue weighted by Gasteiger charge is 2.13. The first kappa shape index (κ1) is 14.5. The zero-order valence-corrected chi connectivity index (χ0v) is 11.8. The third-order valence-electron chi connectivity index (χ3n) is 3.00. The number of aromatic nitrogens is 1. The van der Waals surface area contributed by atoms with Gasteiger partial charge in [-0.05, 0) is 50.2 Å². The van der Waals surface area contributed by atoms with E-state index in [0.29, 0.717) is 11.5 Å². The molecule has 0 spiro atoms. The van der Waals surface area contributed by atoms with E-state index in [4.69, 9.17) is 4.74 Å². The van der Waals surface area contributed by atoms with Gasteiger partial charge in [-0.1, -0.05) is 6.92 Å². The Hall–Kier alpha value is -1.94. The molecule has 0 radical (unpaired) electrons. The number of rotatable bonds is 6. The molecule has 2 rings (SSSR count). The monoisotopic (exact) mass is 274 g/mol. The van der Waals surface area contributed by atoms with Gasteiger partial charge in [0.1, 0.15) is 17.3 Å². The van der Waals surface area contributed by atoms with Crippen LogP contribution in [0.2, 0.25) is 0 Å². The molecule has 1 aromatic carbocycles. The van der Waals surface area contributed by atoms with E-state index in [1.807, 2.05) is 13.0 Å². The summed E-state index contributed by atoms with van der Waals surface area (Å²) in [7, 11) is 0. The maximum atomic E-state index is 13.5. The number of nitrogens with one attached hydrogen (secondary N) is 1. The molecular weight excluding hydrogens is 255 g/mol. The minimum atomic E-state index is -0.260. The Kier molecular flexibility index (Phi) is 5.07. The lowest BCUT2D eigenvalue weighted by Gasteiger charge is -2.18. The number of ether oxygens (including phenoxy) is 1. The van der Waals surface area contributed by atoms with Crippen molar-refractivity contribution in [2.24, 2.45) is 0 Å². The Bertz CT molecular complexity index is 545. The van der Waals surface area contributed by atoms with Gasteiger partial charge >= 0.3 is 0 Å². The Labute approximate surface area is 118 Å². The van der Waals surface area contributed by atoms with E-state index in [0.717, 1.165) is 18.5 Å². The van der Waals surface area contributed by atoms with Crippen LogP contribution >= 0.6 is 0 Å². The molecule has 0 saturated carbocycles. The number of hydrogen-bond donors (Lipinski definition) is 1.